The summed E-state index contributed by atoms with van der Waals surface area (Å²) in [7, 11) is 1.90. The minimum Gasteiger partial charge on any atom is -0.341 e. The molecular formula is C30H38ClN5O3. The van der Waals surface area contributed by atoms with Gasteiger partial charge in [0.15, 0.2) is 0 Å². The number of para-hydroxylation sites is 1. The third-order valence-electron chi connectivity index (χ3n) is 8.56. The van der Waals surface area contributed by atoms with Gasteiger partial charge < -0.3 is 25.3 Å². The van der Waals surface area contributed by atoms with Gasteiger partial charge in [-0.05, 0) is 69.5 Å². The van der Waals surface area contributed by atoms with E-state index in [-0.39, 0.29) is 29.9 Å². The number of hydrogen-bond acceptors (Lipinski definition) is 4. The number of hydrogen-bond donors (Lipinski definition) is 2. The molecule has 2 N–H and O–H groups in total. The number of nitrogens with zero attached hydrogens (tertiary/aromatic N) is 3. The molecule has 8 nitrogen and oxygen atoms in total. The average molecular weight is 552 g/mol. The highest BCUT2D eigenvalue weighted by Gasteiger charge is 2.47. The molecule has 2 unspecified atom stereocenters. The van der Waals surface area contributed by atoms with Crippen molar-refractivity contribution in [1.82, 2.24) is 20.4 Å². The highest BCUT2D eigenvalue weighted by atomic mass is 35.5. The maximum absolute atomic E-state index is 13.8. The van der Waals surface area contributed by atoms with Crippen LogP contribution < -0.4 is 15.5 Å². The molecule has 3 heterocycles. The molecule has 3 aliphatic rings. The minimum absolute atomic E-state index is 0.0388. The summed E-state index contributed by atoms with van der Waals surface area (Å²) >= 11 is 6.07. The van der Waals surface area contributed by atoms with Gasteiger partial charge >= 0.3 is 6.03 Å². The Kier molecular flexibility index (Phi) is 7.87. The van der Waals surface area contributed by atoms with Gasteiger partial charge in [0.2, 0.25) is 11.8 Å². The van der Waals surface area contributed by atoms with E-state index < -0.39 is 11.5 Å². The Morgan fingerprint density at radius 2 is 1.67 bits per heavy atom. The molecule has 0 aromatic heterocycles. The van der Waals surface area contributed by atoms with Crippen molar-refractivity contribution in [2.24, 2.45) is 0 Å². The van der Waals surface area contributed by atoms with Crippen LogP contribution in [0.3, 0.4) is 0 Å². The van der Waals surface area contributed by atoms with Crippen molar-refractivity contribution in [2.45, 2.75) is 63.1 Å². The number of urea groups is 1. The van der Waals surface area contributed by atoms with Crippen LogP contribution in [0.2, 0.25) is 5.02 Å². The van der Waals surface area contributed by atoms with Crippen LogP contribution in [0, 0.1) is 0 Å². The maximum Gasteiger partial charge on any atom is 0.318 e. The second-order valence-corrected chi connectivity index (χ2v) is 11.9. The lowest BCUT2D eigenvalue weighted by atomic mass is 9.86. The molecular weight excluding hydrogens is 514 g/mol. The van der Waals surface area contributed by atoms with Crippen LogP contribution in [-0.2, 0) is 21.4 Å². The molecule has 0 radical (unpaired) electrons. The van der Waals surface area contributed by atoms with Gasteiger partial charge in [0.1, 0.15) is 6.04 Å². The molecule has 9 heteroatoms. The molecule has 208 valence electrons. The van der Waals surface area contributed by atoms with Crippen LogP contribution in [0.25, 0.3) is 0 Å². The number of amides is 4. The van der Waals surface area contributed by atoms with E-state index in [4.69, 9.17) is 11.6 Å². The van der Waals surface area contributed by atoms with Crippen LogP contribution in [0.5, 0.6) is 0 Å². The third-order valence-corrected chi connectivity index (χ3v) is 8.82. The van der Waals surface area contributed by atoms with E-state index >= 15 is 0 Å². The van der Waals surface area contributed by atoms with Crippen molar-refractivity contribution < 1.29 is 14.4 Å². The van der Waals surface area contributed by atoms with E-state index in [0.717, 1.165) is 23.2 Å². The predicted octanol–water partition coefficient (Wildman–Crippen LogP) is 3.57. The van der Waals surface area contributed by atoms with Crippen LogP contribution in [0.15, 0.2) is 48.5 Å². The largest absolute Gasteiger partial charge is 0.341 e. The topological polar surface area (TPSA) is 85.0 Å². The van der Waals surface area contributed by atoms with Crippen molar-refractivity contribution in [3.63, 3.8) is 0 Å². The Morgan fingerprint density at radius 1 is 1.00 bits per heavy atom. The number of benzene rings is 2. The first kappa shape index (κ1) is 27.5. The Bertz CT molecular complexity index is 1230. The van der Waals surface area contributed by atoms with Crippen molar-refractivity contribution in [1.29, 1.82) is 0 Å². The third kappa shape index (κ3) is 5.50. The summed E-state index contributed by atoms with van der Waals surface area (Å²) in [6, 6.07) is 14.8. The fourth-order valence-electron chi connectivity index (χ4n) is 6.14. The number of fused-ring (bicyclic) bond motifs is 1. The summed E-state index contributed by atoms with van der Waals surface area (Å²) in [6.45, 7) is 6.32. The van der Waals surface area contributed by atoms with Crippen LogP contribution >= 0.6 is 11.6 Å². The zero-order valence-corrected chi connectivity index (χ0v) is 23.7. The van der Waals surface area contributed by atoms with Gasteiger partial charge in [0.05, 0.1) is 5.41 Å². The van der Waals surface area contributed by atoms with Crippen molar-refractivity contribution in [3.8, 4) is 0 Å². The molecule has 2 fully saturated rings. The Hall–Kier alpha value is -3.10. The van der Waals surface area contributed by atoms with Crippen LogP contribution in [0.1, 0.15) is 44.2 Å². The number of likely N-dealkylation sites (tertiary alicyclic amines) is 2. The lowest BCUT2D eigenvalue weighted by molar-refractivity contribution is -0.134. The highest BCUT2D eigenvalue weighted by Crippen LogP contribution is 2.43. The standard InChI is InChI=1S/C30H38ClN5O3/c1-30(2)24-6-4-5-7-26(24)36(28(30)38)23-13-16-34(17-14-23)27(37)25(18-20-8-10-21(31)11-9-20)33-29(39)35-15-12-22(19-35)32-3/h4-11,22-23,25,32H,12-19H2,1-3H3,(H,33,39). The summed E-state index contributed by atoms with van der Waals surface area (Å²) in [5.41, 5.74) is 2.42. The van der Waals surface area contributed by atoms with E-state index in [1.54, 1.807) is 17.0 Å². The lowest BCUT2D eigenvalue weighted by Crippen LogP contribution is -2.56. The maximum atomic E-state index is 13.8. The summed E-state index contributed by atoms with van der Waals surface area (Å²) in [5.74, 6) is 0.0291. The fraction of sp³-hybridized carbons (Fsp3) is 0.500. The van der Waals surface area contributed by atoms with Gasteiger partial charge in [0, 0.05) is 55.4 Å². The Morgan fingerprint density at radius 3 is 2.33 bits per heavy atom. The molecule has 3 aliphatic heterocycles. The minimum atomic E-state index is -0.683. The van der Waals surface area contributed by atoms with E-state index in [9.17, 15) is 14.4 Å². The first-order valence-corrected chi connectivity index (χ1v) is 14.3. The lowest BCUT2D eigenvalue weighted by Gasteiger charge is -2.39. The number of carbonyl (C=O) groups is 3. The molecule has 0 bridgehead atoms. The van der Waals surface area contributed by atoms with E-state index in [2.05, 4.69) is 10.6 Å². The van der Waals surface area contributed by atoms with Gasteiger partial charge in [-0.3, -0.25) is 9.59 Å². The van der Waals surface area contributed by atoms with E-state index in [1.165, 1.54) is 0 Å². The Balaban J connectivity index is 1.28. The zero-order chi connectivity index (χ0) is 27.7. The van der Waals surface area contributed by atoms with Gasteiger partial charge in [-0.1, -0.05) is 41.9 Å². The predicted molar refractivity (Wildman–Crippen MR) is 153 cm³/mol. The van der Waals surface area contributed by atoms with Crippen molar-refractivity contribution in [2.75, 3.05) is 38.1 Å². The number of nitrogens with one attached hydrogen (secondary N) is 2. The summed E-state index contributed by atoms with van der Waals surface area (Å²) in [4.78, 5) is 45.9. The number of anilines is 1. The van der Waals surface area contributed by atoms with Crippen LogP contribution in [-0.4, -0.2) is 79.0 Å². The first-order chi connectivity index (χ1) is 18.7. The molecule has 0 saturated carbocycles. The highest BCUT2D eigenvalue weighted by molar-refractivity contribution is 6.30. The second-order valence-electron chi connectivity index (χ2n) is 11.4. The summed E-state index contributed by atoms with van der Waals surface area (Å²) in [5, 5.41) is 6.89. The van der Waals surface area contributed by atoms with E-state index in [1.807, 2.05) is 67.1 Å². The molecule has 2 atom stereocenters. The quantitative estimate of drug-likeness (QED) is 0.575. The summed E-state index contributed by atoms with van der Waals surface area (Å²) in [6.07, 6.45) is 2.67. The smallest absolute Gasteiger partial charge is 0.318 e. The fourth-order valence-corrected chi connectivity index (χ4v) is 6.27. The molecule has 2 aromatic rings. The van der Waals surface area contributed by atoms with E-state index in [0.29, 0.717) is 50.5 Å². The first-order valence-electron chi connectivity index (χ1n) is 13.9. The molecule has 39 heavy (non-hydrogen) atoms. The number of likely N-dealkylation sites (N-methyl/N-ethyl adjacent to an activating group) is 1. The van der Waals surface area contributed by atoms with Gasteiger partial charge in [-0.25, -0.2) is 4.79 Å². The second kappa shape index (κ2) is 11.2. The molecule has 2 aromatic carbocycles. The molecule has 2 saturated heterocycles. The molecule has 4 amide bonds. The molecule has 0 aliphatic carbocycles. The SMILES string of the molecule is CNC1CCN(C(=O)NC(Cc2ccc(Cl)cc2)C(=O)N2CCC(N3C(=O)C(C)(C)c4ccccc43)CC2)C1. The Labute approximate surface area is 235 Å². The number of rotatable bonds is 6. The number of piperidine rings is 1. The molecule has 5 rings (SSSR count). The molecule has 0 spiro atoms. The number of carbonyl (C=O) groups excluding carboxylic acids is 3. The van der Waals surface area contributed by atoms with Crippen molar-refractivity contribution in [3.05, 3.63) is 64.7 Å². The monoisotopic (exact) mass is 551 g/mol. The van der Waals surface area contributed by atoms with Crippen molar-refractivity contribution >= 4 is 35.1 Å². The normalized spacial score (nSPS) is 21.7. The zero-order valence-electron chi connectivity index (χ0n) is 23.0. The summed E-state index contributed by atoms with van der Waals surface area (Å²) < 4.78 is 0. The number of halogens is 1. The van der Waals surface area contributed by atoms with Gasteiger partial charge in [-0.2, -0.15) is 0 Å². The van der Waals surface area contributed by atoms with Gasteiger partial charge in [0.25, 0.3) is 0 Å². The van der Waals surface area contributed by atoms with Gasteiger partial charge in [-0.15, -0.1) is 0 Å². The average Bonchev–Trinajstić information content (AvgIpc) is 3.51. The van der Waals surface area contributed by atoms with Crippen LogP contribution in [0.4, 0.5) is 10.5 Å².